The van der Waals surface area contributed by atoms with Crippen LogP contribution in [0, 0.1) is 0 Å². The van der Waals surface area contributed by atoms with Gasteiger partial charge in [0.1, 0.15) is 4.21 Å². The zero-order valence-electron chi connectivity index (χ0n) is 11.6. The van der Waals surface area contributed by atoms with Gasteiger partial charge in [0.05, 0.1) is 18.3 Å². The highest BCUT2D eigenvalue weighted by molar-refractivity contribution is 7.91. The maximum atomic E-state index is 12.7. The average Bonchev–Trinajstić information content (AvgIpc) is 3.13. The van der Waals surface area contributed by atoms with Crippen molar-refractivity contribution >= 4 is 21.4 Å². The minimum Gasteiger partial charge on any atom is -0.391 e. The van der Waals surface area contributed by atoms with E-state index in [1.807, 2.05) is 13.2 Å². The SMILES string of the molecule is Cn1cc(C[C@H]2[C@H](O)CCN2S(=O)(=O)c2cccs2)cn1. The quantitative estimate of drug-likeness (QED) is 0.903. The summed E-state index contributed by atoms with van der Waals surface area (Å²) in [5.74, 6) is 0. The van der Waals surface area contributed by atoms with Crippen molar-refractivity contribution in [2.24, 2.45) is 7.05 Å². The first-order valence-electron chi connectivity index (χ1n) is 6.69. The van der Waals surface area contributed by atoms with Gasteiger partial charge in [0.15, 0.2) is 0 Å². The molecule has 2 aromatic heterocycles. The van der Waals surface area contributed by atoms with Crippen LogP contribution in [0.15, 0.2) is 34.1 Å². The fourth-order valence-electron chi connectivity index (χ4n) is 2.69. The van der Waals surface area contributed by atoms with E-state index >= 15 is 0 Å². The summed E-state index contributed by atoms with van der Waals surface area (Å²) in [6.45, 7) is 0.354. The van der Waals surface area contributed by atoms with Gasteiger partial charge in [0.25, 0.3) is 10.0 Å². The van der Waals surface area contributed by atoms with Crippen molar-refractivity contribution in [3.05, 3.63) is 35.5 Å². The number of aliphatic hydroxyl groups excluding tert-OH is 1. The van der Waals surface area contributed by atoms with Gasteiger partial charge >= 0.3 is 0 Å². The summed E-state index contributed by atoms with van der Waals surface area (Å²) in [5.41, 5.74) is 0.926. The predicted molar refractivity (Wildman–Crippen MR) is 79.5 cm³/mol. The second-order valence-electron chi connectivity index (χ2n) is 5.20. The van der Waals surface area contributed by atoms with Gasteiger partial charge in [-0.2, -0.15) is 9.40 Å². The van der Waals surface area contributed by atoms with E-state index in [2.05, 4.69) is 5.10 Å². The van der Waals surface area contributed by atoms with Crippen molar-refractivity contribution in [1.29, 1.82) is 0 Å². The van der Waals surface area contributed by atoms with Gasteiger partial charge in [0, 0.05) is 19.8 Å². The smallest absolute Gasteiger partial charge is 0.252 e. The van der Waals surface area contributed by atoms with E-state index in [4.69, 9.17) is 0 Å². The van der Waals surface area contributed by atoms with Crippen LogP contribution >= 0.6 is 11.3 Å². The average molecular weight is 327 g/mol. The predicted octanol–water partition coefficient (Wildman–Crippen LogP) is 0.848. The molecule has 0 bridgehead atoms. The number of hydrogen-bond donors (Lipinski definition) is 1. The largest absolute Gasteiger partial charge is 0.391 e. The van der Waals surface area contributed by atoms with E-state index in [0.717, 1.165) is 5.56 Å². The van der Waals surface area contributed by atoms with Crippen LogP contribution in [0.2, 0.25) is 0 Å². The number of rotatable bonds is 4. The molecule has 1 fully saturated rings. The fourth-order valence-corrected chi connectivity index (χ4v) is 5.48. The first kappa shape index (κ1) is 14.7. The van der Waals surface area contributed by atoms with Crippen molar-refractivity contribution in [2.75, 3.05) is 6.54 Å². The molecule has 1 aliphatic heterocycles. The Labute approximate surface area is 127 Å². The van der Waals surface area contributed by atoms with Gasteiger partial charge in [-0.1, -0.05) is 6.07 Å². The van der Waals surface area contributed by atoms with Gasteiger partial charge in [-0.15, -0.1) is 11.3 Å². The molecule has 2 aromatic rings. The van der Waals surface area contributed by atoms with Gasteiger partial charge < -0.3 is 5.11 Å². The van der Waals surface area contributed by atoms with Crippen molar-refractivity contribution in [3.8, 4) is 0 Å². The molecule has 3 rings (SSSR count). The summed E-state index contributed by atoms with van der Waals surface area (Å²) >= 11 is 1.20. The summed E-state index contributed by atoms with van der Waals surface area (Å²) in [6.07, 6.45) is 3.86. The third-order valence-electron chi connectivity index (χ3n) is 3.72. The third-order valence-corrected chi connectivity index (χ3v) is 7.02. The van der Waals surface area contributed by atoms with Crippen molar-refractivity contribution < 1.29 is 13.5 Å². The minimum absolute atomic E-state index is 0.327. The summed E-state index contributed by atoms with van der Waals surface area (Å²) in [5, 5.41) is 16.0. The number of sulfonamides is 1. The van der Waals surface area contributed by atoms with Crippen LogP contribution in [0.25, 0.3) is 0 Å². The number of thiophene rings is 1. The zero-order chi connectivity index (χ0) is 15.0. The van der Waals surface area contributed by atoms with Gasteiger partial charge in [-0.05, 0) is 29.9 Å². The second-order valence-corrected chi connectivity index (χ2v) is 8.26. The highest BCUT2D eigenvalue weighted by Crippen LogP contribution is 2.30. The molecule has 0 spiro atoms. The standard InChI is InChI=1S/C13H17N3O3S2/c1-15-9-10(8-14-15)7-11-12(17)4-5-16(11)21(18,19)13-3-2-6-20-13/h2-3,6,8-9,11-12,17H,4-5,7H2,1H3/t11-,12+/m0/s1. The molecular weight excluding hydrogens is 310 g/mol. The van der Waals surface area contributed by atoms with E-state index in [1.54, 1.807) is 28.4 Å². The molecule has 0 radical (unpaired) electrons. The Balaban J connectivity index is 1.87. The highest BCUT2D eigenvalue weighted by atomic mass is 32.2. The van der Waals surface area contributed by atoms with E-state index in [1.165, 1.54) is 15.6 Å². The molecule has 0 aromatic carbocycles. The first-order chi connectivity index (χ1) is 9.98. The van der Waals surface area contributed by atoms with Crippen LogP contribution < -0.4 is 0 Å². The zero-order valence-corrected chi connectivity index (χ0v) is 13.2. The van der Waals surface area contributed by atoms with Crippen LogP contribution in [-0.2, 0) is 23.5 Å². The van der Waals surface area contributed by atoms with Gasteiger partial charge in [-0.3, -0.25) is 4.68 Å². The van der Waals surface area contributed by atoms with Crippen LogP contribution in [0.4, 0.5) is 0 Å². The van der Waals surface area contributed by atoms with Crippen LogP contribution in [-0.4, -0.2) is 46.3 Å². The molecule has 2 atom stereocenters. The molecule has 1 N–H and O–H groups in total. The normalized spacial score (nSPS) is 23.7. The van der Waals surface area contributed by atoms with Gasteiger partial charge in [0.2, 0.25) is 0 Å². The molecule has 21 heavy (non-hydrogen) atoms. The summed E-state index contributed by atoms with van der Waals surface area (Å²) < 4.78 is 28.7. The third kappa shape index (κ3) is 2.76. The van der Waals surface area contributed by atoms with Gasteiger partial charge in [-0.25, -0.2) is 8.42 Å². The molecule has 0 aliphatic carbocycles. The molecule has 0 unspecified atom stereocenters. The van der Waals surface area contributed by atoms with E-state index in [-0.39, 0.29) is 0 Å². The Hall–Kier alpha value is -1.22. The maximum Gasteiger partial charge on any atom is 0.252 e. The molecule has 3 heterocycles. The van der Waals surface area contributed by atoms with Crippen LogP contribution in [0.1, 0.15) is 12.0 Å². The number of nitrogens with zero attached hydrogens (tertiary/aromatic N) is 3. The summed E-state index contributed by atoms with van der Waals surface area (Å²) in [6, 6.07) is 2.90. The lowest BCUT2D eigenvalue weighted by Crippen LogP contribution is -2.40. The van der Waals surface area contributed by atoms with Crippen LogP contribution in [0.5, 0.6) is 0 Å². The lowest BCUT2D eigenvalue weighted by atomic mass is 10.1. The van der Waals surface area contributed by atoms with E-state index in [9.17, 15) is 13.5 Å². The van der Waals surface area contributed by atoms with E-state index < -0.39 is 22.2 Å². The first-order valence-corrected chi connectivity index (χ1v) is 9.01. The molecule has 6 nitrogen and oxygen atoms in total. The highest BCUT2D eigenvalue weighted by Gasteiger charge is 2.41. The molecule has 8 heteroatoms. The maximum absolute atomic E-state index is 12.7. The Morgan fingerprint density at radius 3 is 2.95 bits per heavy atom. The molecular formula is C13H17N3O3S2. The molecule has 0 amide bonds. The number of hydrogen-bond acceptors (Lipinski definition) is 5. The Morgan fingerprint density at radius 1 is 1.52 bits per heavy atom. The number of aromatic nitrogens is 2. The Morgan fingerprint density at radius 2 is 2.33 bits per heavy atom. The number of aryl methyl sites for hydroxylation is 1. The lowest BCUT2D eigenvalue weighted by molar-refractivity contribution is 0.142. The van der Waals surface area contributed by atoms with E-state index in [0.29, 0.717) is 23.6 Å². The van der Waals surface area contributed by atoms with Crippen molar-refractivity contribution in [1.82, 2.24) is 14.1 Å². The monoisotopic (exact) mass is 327 g/mol. The molecule has 114 valence electrons. The summed E-state index contributed by atoms with van der Waals surface area (Å²) in [4.78, 5) is 0. The van der Waals surface area contributed by atoms with Crippen molar-refractivity contribution in [3.63, 3.8) is 0 Å². The molecule has 1 saturated heterocycles. The molecule has 0 saturated carbocycles. The fraction of sp³-hybridized carbons (Fsp3) is 0.462. The number of aliphatic hydroxyl groups is 1. The second kappa shape index (κ2) is 5.53. The lowest BCUT2D eigenvalue weighted by Gasteiger charge is -2.24. The summed E-state index contributed by atoms with van der Waals surface area (Å²) in [7, 11) is -1.71. The van der Waals surface area contributed by atoms with Crippen LogP contribution in [0.3, 0.4) is 0 Å². The molecule has 1 aliphatic rings. The minimum atomic E-state index is -3.53. The Bertz CT molecular complexity index is 709. The Kier molecular flexibility index (Phi) is 3.87. The topological polar surface area (TPSA) is 75.4 Å². The van der Waals surface area contributed by atoms with Crippen molar-refractivity contribution in [2.45, 2.75) is 29.2 Å².